The van der Waals surface area contributed by atoms with Crippen LogP contribution in [0.5, 0.6) is 0 Å². The van der Waals surface area contributed by atoms with Crippen molar-refractivity contribution in [3.63, 3.8) is 0 Å². The molecule has 0 bridgehead atoms. The average molecular weight is 470 g/mol. The minimum absolute atomic E-state index is 0.0811. The number of anilines is 1. The molecule has 0 radical (unpaired) electrons. The van der Waals surface area contributed by atoms with Gasteiger partial charge in [0, 0.05) is 40.4 Å². The summed E-state index contributed by atoms with van der Waals surface area (Å²) < 4.78 is 80.3. The number of hydrogen-bond donors (Lipinski definition) is 2. The normalized spacial score (nSPS) is 19.6. The van der Waals surface area contributed by atoms with Crippen molar-refractivity contribution >= 4 is 22.5 Å². The van der Waals surface area contributed by atoms with E-state index >= 15 is 0 Å². The quantitative estimate of drug-likeness (QED) is 0.476. The molecule has 3 N–H and O–H groups in total. The van der Waals surface area contributed by atoms with Gasteiger partial charge in [-0.15, -0.1) is 0 Å². The molecule has 33 heavy (non-hydrogen) atoms. The lowest BCUT2D eigenvalue weighted by atomic mass is 9.90. The summed E-state index contributed by atoms with van der Waals surface area (Å²) in [6, 6.07) is 8.08. The minimum atomic E-state index is -4.99. The molecule has 1 saturated carbocycles. The van der Waals surface area contributed by atoms with Crippen molar-refractivity contribution in [2.45, 2.75) is 50.1 Å². The monoisotopic (exact) mass is 470 g/mol. The number of carbonyl (C=O) groups is 1. The van der Waals surface area contributed by atoms with Crippen LogP contribution in [0.15, 0.2) is 42.6 Å². The molecule has 5 nitrogen and oxygen atoms in total. The van der Waals surface area contributed by atoms with Crippen molar-refractivity contribution in [3.05, 3.63) is 59.5 Å². The van der Waals surface area contributed by atoms with Gasteiger partial charge in [0.15, 0.2) is 0 Å². The number of rotatable bonds is 4. The Balaban J connectivity index is 1.50. The third kappa shape index (κ3) is 4.76. The van der Waals surface area contributed by atoms with E-state index in [1.54, 1.807) is 12.1 Å². The highest BCUT2D eigenvalue weighted by Crippen LogP contribution is 2.37. The minimum Gasteiger partial charge on any atom is -0.382 e. The molecule has 4 rings (SSSR count). The number of aromatic nitrogens is 2. The molecule has 0 spiro atoms. The van der Waals surface area contributed by atoms with E-state index in [-0.39, 0.29) is 17.8 Å². The molecule has 0 unspecified atom stereocenters. The number of halogens is 6. The number of fused-ring (bicyclic) bond motifs is 1. The number of alkyl halides is 6. The van der Waals surface area contributed by atoms with Crippen LogP contribution in [0.1, 0.15) is 53.5 Å². The molecular formula is C22H20F6N4O. The molecule has 2 aromatic heterocycles. The largest absolute Gasteiger partial charge is 0.433 e. The Bertz CT molecular complexity index is 1140. The number of amides is 1. The van der Waals surface area contributed by atoms with E-state index in [0.29, 0.717) is 43.4 Å². The molecule has 176 valence electrons. The average Bonchev–Trinajstić information content (AvgIpc) is 3.17. The van der Waals surface area contributed by atoms with Crippen molar-refractivity contribution in [2.75, 3.05) is 5.32 Å². The van der Waals surface area contributed by atoms with Crippen molar-refractivity contribution in [1.82, 2.24) is 9.55 Å². The molecule has 0 saturated heterocycles. The van der Waals surface area contributed by atoms with Gasteiger partial charge in [0.05, 0.1) is 0 Å². The molecule has 2 heterocycles. The zero-order valence-corrected chi connectivity index (χ0v) is 17.2. The summed E-state index contributed by atoms with van der Waals surface area (Å²) in [5.74, 6) is -0.528. The second-order valence-corrected chi connectivity index (χ2v) is 8.10. The number of pyridine rings is 1. The van der Waals surface area contributed by atoms with E-state index < -0.39 is 29.6 Å². The maximum atomic E-state index is 13.0. The fraction of sp³-hybridized carbons (Fsp3) is 0.364. The fourth-order valence-corrected chi connectivity index (χ4v) is 4.36. The Labute approximate surface area is 184 Å². The van der Waals surface area contributed by atoms with Crippen LogP contribution in [-0.2, 0) is 12.4 Å². The smallest absolute Gasteiger partial charge is 0.382 e. The highest BCUT2D eigenvalue weighted by atomic mass is 19.4. The molecule has 1 aliphatic rings. The highest BCUT2D eigenvalue weighted by Gasteiger charge is 2.39. The van der Waals surface area contributed by atoms with Crippen LogP contribution in [-0.4, -0.2) is 21.5 Å². The molecule has 1 amide bonds. The Morgan fingerprint density at radius 1 is 0.970 bits per heavy atom. The summed E-state index contributed by atoms with van der Waals surface area (Å²) >= 11 is 0. The van der Waals surface area contributed by atoms with E-state index in [1.165, 1.54) is 0 Å². The van der Waals surface area contributed by atoms with Crippen molar-refractivity contribution in [3.8, 4) is 0 Å². The highest BCUT2D eigenvalue weighted by molar-refractivity contribution is 6.05. The second kappa shape index (κ2) is 8.27. The first-order chi connectivity index (χ1) is 15.4. The Hall–Kier alpha value is -3.24. The van der Waals surface area contributed by atoms with Gasteiger partial charge in [-0.25, -0.2) is 4.98 Å². The van der Waals surface area contributed by atoms with Gasteiger partial charge in [-0.05, 0) is 56.0 Å². The molecule has 1 fully saturated rings. The summed E-state index contributed by atoms with van der Waals surface area (Å²) in [6.45, 7) is 0. The number of nitrogens with zero attached hydrogens (tertiary/aromatic N) is 2. The zero-order valence-electron chi connectivity index (χ0n) is 17.2. The zero-order chi connectivity index (χ0) is 24.0. The third-order valence-corrected chi connectivity index (χ3v) is 5.90. The predicted octanol–water partition coefficient (Wildman–Crippen LogP) is 5.77. The Kier molecular flexibility index (Phi) is 5.75. The topological polar surface area (TPSA) is 72.9 Å². The van der Waals surface area contributed by atoms with E-state index in [2.05, 4.69) is 10.3 Å². The van der Waals surface area contributed by atoms with E-state index in [0.717, 1.165) is 10.9 Å². The molecule has 0 aliphatic heterocycles. The lowest BCUT2D eigenvalue weighted by Crippen LogP contribution is -2.28. The van der Waals surface area contributed by atoms with Crippen LogP contribution in [0.2, 0.25) is 0 Å². The number of hydrogen-bond acceptors (Lipinski definition) is 3. The maximum absolute atomic E-state index is 13.0. The van der Waals surface area contributed by atoms with Gasteiger partial charge in [-0.1, -0.05) is 6.07 Å². The van der Waals surface area contributed by atoms with E-state index in [4.69, 9.17) is 5.73 Å². The van der Waals surface area contributed by atoms with Crippen LogP contribution in [0, 0.1) is 0 Å². The van der Waals surface area contributed by atoms with Crippen LogP contribution < -0.4 is 11.1 Å². The van der Waals surface area contributed by atoms with Gasteiger partial charge in [0.1, 0.15) is 11.4 Å². The van der Waals surface area contributed by atoms with Gasteiger partial charge in [-0.2, -0.15) is 26.3 Å². The second-order valence-electron chi connectivity index (χ2n) is 8.10. The number of nitrogens with two attached hydrogens (primary N) is 1. The first-order valence-corrected chi connectivity index (χ1v) is 10.3. The number of nitrogens with one attached hydrogen (secondary N) is 1. The number of primary amides is 1. The fourth-order valence-electron chi connectivity index (χ4n) is 4.36. The van der Waals surface area contributed by atoms with Crippen molar-refractivity contribution in [1.29, 1.82) is 0 Å². The predicted molar refractivity (Wildman–Crippen MR) is 110 cm³/mol. The molecular weight excluding hydrogens is 450 g/mol. The first kappa shape index (κ1) is 22.9. The molecule has 3 aromatic rings. The van der Waals surface area contributed by atoms with Gasteiger partial charge in [-0.3, -0.25) is 4.79 Å². The molecule has 0 atom stereocenters. The van der Waals surface area contributed by atoms with Gasteiger partial charge >= 0.3 is 12.4 Å². The Morgan fingerprint density at radius 2 is 1.58 bits per heavy atom. The number of carbonyl (C=O) groups excluding carboxylic acids is 1. The first-order valence-electron chi connectivity index (χ1n) is 10.3. The van der Waals surface area contributed by atoms with Crippen LogP contribution >= 0.6 is 0 Å². The lowest BCUT2D eigenvalue weighted by molar-refractivity contribution is -0.150. The van der Waals surface area contributed by atoms with Gasteiger partial charge < -0.3 is 15.6 Å². The van der Waals surface area contributed by atoms with E-state index in [9.17, 15) is 31.1 Å². The van der Waals surface area contributed by atoms with Crippen LogP contribution in [0.4, 0.5) is 32.0 Å². The summed E-state index contributed by atoms with van der Waals surface area (Å²) in [5.41, 5.74) is 3.27. The van der Waals surface area contributed by atoms with E-state index in [1.807, 2.05) is 22.9 Å². The molecule has 1 aromatic carbocycles. The Morgan fingerprint density at radius 3 is 2.12 bits per heavy atom. The van der Waals surface area contributed by atoms with Gasteiger partial charge in [0.25, 0.3) is 0 Å². The summed E-state index contributed by atoms with van der Waals surface area (Å²) in [4.78, 5) is 14.4. The molecule has 1 aliphatic carbocycles. The summed E-state index contributed by atoms with van der Waals surface area (Å²) in [6.07, 6.45) is -5.71. The number of benzene rings is 1. The molecule has 11 heteroatoms. The summed E-state index contributed by atoms with van der Waals surface area (Å²) in [5, 5.41) is 3.56. The summed E-state index contributed by atoms with van der Waals surface area (Å²) in [7, 11) is 0. The van der Waals surface area contributed by atoms with Crippen LogP contribution in [0.25, 0.3) is 10.9 Å². The maximum Gasteiger partial charge on any atom is 0.433 e. The third-order valence-electron chi connectivity index (χ3n) is 5.90. The van der Waals surface area contributed by atoms with Crippen molar-refractivity contribution < 1.29 is 31.1 Å². The van der Waals surface area contributed by atoms with Crippen LogP contribution in [0.3, 0.4) is 0 Å². The SMILES string of the molecule is NC(=O)c1cccc2c1ccn2C1CCC(Nc2cc(C(F)(F)F)nc(C(F)(F)F)c2)CC1. The lowest BCUT2D eigenvalue weighted by Gasteiger charge is -2.31. The van der Waals surface area contributed by atoms with Gasteiger partial charge in [0.2, 0.25) is 5.91 Å². The van der Waals surface area contributed by atoms with Crippen molar-refractivity contribution in [2.24, 2.45) is 5.73 Å². The standard InChI is InChI=1S/C22H20F6N4O/c23-21(24,25)18-10-13(11-19(31-18)22(26,27)28)30-12-4-6-14(7-5-12)32-9-8-15-16(20(29)33)2-1-3-17(15)32/h1-3,8-12,14H,4-7H2,(H2,29,33)(H,30,31).